The molecule has 0 amide bonds. The van der Waals surface area contributed by atoms with Gasteiger partial charge in [0.2, 0.25) is 0 Å². The Morgan fingerprint density at radius 2 is 2.03 bits per heavy atom. The lowest BCUT2D eigenvalue weighted by Crippen LogP contribution is -2.18. The third kappa shape index (κ3) is 6.41. The van der Waals surface area contributed by atoms with Gasteiger partial charge in [0.1, 0.15) is 19.0 Å². The summed E-state index contributed by atoms with van der Waals surface area (Å²) in [6.45, 7) is 5.64. The number of halogens is 3. The maximum Gasteiger partial charge on any atom is 0.333 e. The summed E-state index contributed by atoms with van der Waals surface area (Å²) < 4.78 is 32.7. The summed E-state index contributed by atoms with van der Waals surface area (Å²) in [5.41, 5.74) is 1.21. The SMILES string of the molecule is [C-]#[N+]c1cc(Cl)cc(Oc2c(Br)ccc(Cc3nn(COC(=O)COCC(=O)O)c4nnccc34)c2F)c1. The minimum absolute atomic E-state index is 0.0309. The van der Waals surface area contributed by atoms with E-state index in [9.17, 15) is 9.59 Å². The number of carboxylic acid groups (broad SMARTS) is 1. The number of rotatable bonds is 10. The van der Waals surface area contributed by atoms with Crippen molar-refractivity contribution in [3.63, 3.8) is 0 Å². The molecule has 4 rings (SSSR count). The van der Waals surface area contributed by atoms with E-state index < -0.39 is 31.0 Å². The Morgan fingerprint density at radius 1 is 1.21 bits per heavy atom. The molecule has 1 N–H and O–H groups in total. The van der Waals surface area contributed by atoms with Crippen molar-refractivity contribution in [3.8, 4) is 11.5 Å². The monoisotopic (exact) mass is 603 g/mol. The first-order valence-electron chi connectivity index (χ1n) is 10.7. The lowest BCUT2D eigenvalue weighted by molar-refractivity contribution is -0.155. The van der Waals surface area contributed by atoms with Crippen molar-refractivity contribution < 1.29 is 33.3 Å². The van der Waals surface area contributed by atoms with Gasteiger partial charge in [-0.05, 0) is 51.8 Å². The van der Waals surface area contributed by atoms with Crippen LogP contribution in [0.1, 0.15) is 11.3 Å². The number of aromatic nitrogens is 4. The molecule has 0 aliphatic carbocycles. The highest BCUT2D eigenvalue weighted by molar-refractivity contribution is 9.10. The van der Waals surface area contributed by atoms with Crippen molar-refractivity contribution in [3.05, 3.63) is 80.6 Å². The zero-order valence-electron chi connectivity index (χ0n) is 19.2. The minimum Gasteiger partial charge on any atom is -0.480 e. The summed E-state index contributed by atoms with van der Waals surface area (Å²) in [6, 6.07) is 9.20. The smallest absolute Gasteiger partial charge is 0.333 e. The number of fused-ring (bicyclic) bond motifs is 1. The van der Waals surface area contributed by atoms with Crippen molar-refractivity contribution in [2.24, 2.45) is 0 Å². The molecule has 0 aliphatic rings. The second-order valence-corrected chi connectivity index (χ2v) is 8.92. The van der Waals surface area contributed by atoms with E-state index in [1.165, 1.54) is 29.1 Å². The number of ether oxygens (including phenoxy) is 3. The zero-order chi connectivity index (χ0) is 27.2. The predicted molar refractivity (Wildman–Crippen MR) is 135 cm³/mol. The first-order valence-corrected chi connectivity index (χ1v) is 11.9. The highest BCUT2D eigenvalue weighted by atomic mass is 79.9. The average molecular weight is 605 g/mol. The van der Waals surface area contributed by atoms with E-state index in [4.69, 9.17) is 37.5 Å². The van der Waals surface area contributed by atoms with E-state index >= 15 is 4.39 Å². The molecular formula is C24H16BrClFN5O6. The van der Waals surface area contributed by atoms with Gasteiger partial charge in [0.15, 0.2) is 29.6 Å². The van der Waals surface area contributed by atoms with Crippen LogP contribution in [-0.4, -0.2) is 50.2 Å². The van der Waals surface area contributed by atoms with Crippen LogP contribution in [0.3, 0.4) is 0 Å². The molecule has 0 fully saturated rings. The number of carbonyl (C=O) groups is 2. The summed E-state index contributed by atoms with van der Waals surface area (Å²) in [5, 5.41) is 21.7. The number of nitrogens with zero attached hydrogens (tertiary/aromatic N) is 5. The van der Waals surface area contributed by atoms with Gasteiger partial charge in [-0.1, -0.05) is 17.7 Å². The molecule has 0 bridgehead atoms. The number of aliphatic carboxylic acids is 1. The highest BCUT2D eigenvalue weighted by Crippen LogP contribution is 2.37. The predicted octanol–water partition coefficient (Wildman–Crippen LogP) is 4.92. The van der Waals surface area contributed by atoms with Crippen LogP contribution in [0.25, 0.3) is 15.9 Å². The third-order valence-corrected chi connectivity index (χ3v) is 5.83. The maximum atomic E-state index is 15.6. The van der Waals surface area contributed by atoms with Gasteiger partial charge in [0, 0.05) is 16.8 Å². The summed E-state index contributed by atoms with van der Waals surface area (Å²) in [5.74, 6) is -2.58. The summed E-state index contributed by atoms with van der Waals surface area (Å²) in [4.78, 5) is 25.7. The fraction of sp³-hybridized carbons (Fsp3) is 0.167. The van der Waals surface area contributed by atoms with Crippen LogP contribution in [0.15, 0.2) is 47.1 Å². The Morgan fingerprint density at radius 3 is 2.79 bits per heavy atom. The largest absolute Gasteiger partial charge is 0.480 e. The molecule has 0 saturated carbocycles. The normalized spacial score (nSPS) is 10.8. The van der Waals surface area contributed by atoms with Crippen LogP contribution in [0.2, 0.25) is 5.02 Å². The van der Waals surface area contributed by atoms with Gasteiger partial charge in [-0.2, -0.15) is 10.2 Å². The van der Waals surface area contributed by atoms with E-state index in [2.05, 4.69) is 36.1 Å². The highest BCUT2D eigenvalue weighted by Gasteiger charge is 2.20. The molecule has 0 unspecified atom stereocenters. The van der Waals surface area contributed by atoms with E-state index in [1.807, 2.05) is 0 Å². The maximum absolute atomic E-state index is 15.6. The molecule has 194 valence electrons. The molecule has 0 spiro atoms. The van der Waals surface area contributed by atoms with E-state index in [0.717, 1.165) is 0 Å². The number of hydrogen-bond acceptors (Lipinski definition) is 8. The number of carbonyl (C=O) groups excluding carboxylic acids is 1. The van der Waals surface area contributed by atoms with Gasteiger partial charge < -0.3 is 19.3 Å². The third-order valence-electron chi connectivity index (χ3n) is 4.98. The van der Waals surface area contributed by atoms with Gasteiger partial charge in [0.05, 0.1) is 22.9 Å². The zero-order valence-corrected chi connectivity index (χ0v) is 21.6. The fourth-order valence-corrected chi connectivity index (χ4v) is 3.98. The molecule has 0 aliphatic heterocycles. The molecule has 14 heteroatoms. The molecule has 0 atom stereocenters. The Labute approximate surface area is 227 Å². The number of carboxylic acids is 1. The molecule has 0 radical (unpaired) electrons. The molecule has 11 nitrogen and oxygen atoms in total. The second kappa shape index (κ2) is 12.0. The van der Waals surface area contributed by atoms with Crippen LogP contribution < -0.4 is 4.74 Å². The Kier molecular flexibility index (Phi) is 8.47. The van der Waals surface area contributed by atoms with Gasteiger partial charge in [-0.15, -0.1) is 5.10 Å². The summed E-state index contributed by atoms with van der Waals surface area (Å²) >= 11 is 9.34. The van der Waals surface area contributed by atoms with Crippen molar-refractivity contribution in [2.45, 2.75) is 13.2 Å². The molecule has 2 aromatic carbocycles. The lowest BCUT2D eigenvalue weighted by atomic mass is 10.1. The standard InChI is InChI=1S/C24H16BrClFN5O6/c1-28-15-7-14(26)8-16(9-15)38-23-18(25)3-2-13(22(23)27)6-19-17-4-5-29-30-24(17)32(31-19)12-37-21(35)11-36-10-20(33)34/h2-5,7-9H,6,10-12H2,(H,33,34). The number of benzene rings is 2. The summed E-state index contributed by atoms with van der Waals surface area (Å²) in [6.07, 6.45) is 1.48. The van der Waals surface area contributed by atoms with Gasteiger partial charge >= 0.3 is 11.9 Å². The minimum atomic E-state index is -1.22. The van der Waals surface area contributed by atoms with Crippen molar-refractivity contribution in [1.82, 2.24) is 20.0 Å². The van der Waals surface area contributed by atoms with Crippen LogP contribution in [0, 0.1) is 12.4 Å². The van der Waals surface area contributed by atoms with Crippen LogP contribution >= 0.6 is 27.5 Å². The first-order chi connectivity index (χ1) is 18.2. The van der Waals surface area contributed by atoms with Gasteiger partial charge in [-0.3, -0.25) is 0 Å². The van der Waals surface area contributed by atoms with E-state index in [0.29, 0.717) is 21.2 Å². The van der Waals surface area contributed by atoms with Crippen LogP contribution in [-0.2, 0) is 32.2 Å². The Bertz CT molecular complexity index is 1570. The molecule has 2 aromatic heterocycles. The Hall–Kier alpha value is -4.12. The van der Waals surface area contributed by atoms with E-state index in [1.54, 1.807) is 18.2 Å². The van der Waals surface area contributed by atoms with Crippen molar-refractivity contribution in [2.75, 3.05) is 13.2 Å². The van der Waals surface area contributed by atoms with Crippen molar-refractivity contribution in [1.29, 1.82) is 0 Å². The Balaban J connectivity index is 1.57. The number of hydrogen-bond donors (Lipinski definition) is 1. The lowest BCUT2D eigenvalue weighted by Gasteiger charge is -2.12. The number of esters is 1. The average Bonchev–Trinajstić information content (AvgIpc) is 3.23. The molecular weight excluding hydrogens is 589 g/mol. The molecule has 2 heterocycles. The van der Waals surface area contributed by atoms with Gasteiger partial charge in [-0.25, -0.2) is 23.5 Å². The quantitative estimate of drug-likeness (QED) is 0.198. The van der Waals surface area contributed by atoms with E-state index in [-0.39, 0.29) is 40.9 Å². The molecule has 38 heavy (non-hydrogen) atoms. The first kappa shape index (κ1) is 26.9. The molecule has 4 aromatic rings. The molecule has 0 saturated heterocycles. The topological polar surface area (TPSA) is 130 Å². The van der Waals surface area contributed by atoms with Crippen LogP contribution in [0.4, 0.5) is 10.1 Å². The van der Waals surface area contributed by atoms with Gasteiger partial charge in [0.25, 0.3) is 0 Å². The second-order valence-electron chi connectivity index (χ2n) is 7.63. The van der Waals surface area contributed by atoms with Crippen LogP contribution in [0.5, 0.6) is 11.5 Å². The van der Waals surface area contributed by atoms with Crippen molar-refractivity contribution >= 4 is 56.2 Å². The fourth-order valence-electron chi connectivity index (χ4n) is 3.38. The summed E-state index contributed by atoms with van der Waals surface area (Å²) in [7, 11) is 0.